The van der Waals surface area contributed by atoms with Crippen molar-refractivity contribution in [1.82, 2.24) is 0 Å². The van der Waals surface area contributed by atoms with E-state index >= 15 is 0 Å². The van der Waals surface area contributed by atoms with Crippen molar-refractivity contribution < 1.29 is 9.53 Å². The summed E-state index contributed by atoms with van der Waals surface area (Å²) in [6.45, 7) is 5.43. The Kier molecular flexibility index (Phi) is 3.42. The number of nitrogens with two attached hydrogens (primary N) is 1. The maximum Gasteiger partial charge on any atom is 0.243 e. The molecule has 0 aliphatic carbocycles. The fourth-order valence-electron chi connectivity index (χ4n) is 2.83. The summed E-state index contributed by atoms with van der Waals surface area (Å²) in [6, 6.07) is 6.07. The minimum Gasteiger partial charge on any atom is -0.399 e. The lowest BCUT2D eigenvalue weighted by Crippen LogP contribution is -2.52. The molecule has 1 amide bonds. The Balaban J connectivity index is 2.05. The van der Waals surface area contributed by atoms with Gasteiger partial charge in [-0.1, -0.05) is 0 Å². The van der Waals surface area contributed by atoms with E-state index in [0.29, 0.717) is 5.69 Å². The average Bonchev–Trinajstić information content (AvgIpc) is 2.42. The van der Waals surface area contributed by atoms with E-state index in [1.807, 2.05) is 36.9 Å². The normalized spacial score (nSPS) is 22.7. The quantitative estimate of drug-likeness (QED) is 0.809. The number of carbonyl (C=O) groups excluding carboxylic acids is 1. The van der Waals surface area contributed by atoms with Crippen LogP contribution >= 0.6 is 11.8 Å². The van der Waals surface area contributed by atoms with Gasteiger partial charge in [-0.05, 0) is 44.9 Å². The van der Waals surface area contributed by atoms with Crippen LogP contribution in [0.2, 0.25) is 0 Å². The first-order chi connectivity index (χ1) is 9.49. The van der Waals surface area contributed by atoms with Crippen LogP contribution in [0.4, 0.5) is 11.4 Å². The lowest BCUT2D eigenvalue weighted by molar-refractivity contribution is -0.121. The summed E-state index contributed by atoms with van der Waals surface area (Å²) in [4.78, 5) is 15.9. The van der Waals surface area contributed by atoms with Gasteiger partial charge in [0, 0.05) is 29.8 Å². The van der Waals surface area contributed by atoms with Crippen molar-refractivity contribution in [1.29, 1.82) is 0 Å². The second-order valence-corrected chi connectivity index (χ2v) is 7.52. The lowest BCUT2D eigenvalue weighted by atomic mass is 10.0. The Morgan fingerprint density at radius 1 is 1.35 bits per heavy atom. The van der Waals surface area contributed by atoms with Gasteiger partial charge in [0.1, 0.15) is 0 Å². The second-order valence-electron chi connectivity index (χ2n) is 5.86. The van der Waals surface area contributed by atoms with Crippen molar-refractivity contribution in [3.63, 3.8) is 0 Å². The van der Waals surface area contributed by atoms with Crippen LogP contribution in [0, 0.1) is 0 Å². The molecular weight excluding hydrogens is 272 g/mol. The first-order valence-electron chi connectivity index (χ1n) is 6.99. The molecule has 2 aliphatic heterocycles. The SMILES string of the molecule is CC1(C)Sc2ccc(N)cc2N(C2CCOCC2)C1=O. The number of nitrogen functional groups attached to an aromatic ring is 1. The monoisotopic (exact) mass is 292 g/mol. The summed E-state index contributed by atoms with van der Waals surface area (Å²) < 4.78 is 4.99. The minimum atomic E-state index is -0.429. The molecule has 5 heteroatoms. The predicted molar refractivity (Wildman–Crippen MR) is 82.1 cm³/mol. The molecule has 1 aromatic rings. The molecule has 0 aromatic heterocycles. The molecule has 0 saturated carbocycles. The van der Waals surface area contributed by atoms with E-state index < -0.39 is 4.75 Å². The number of fused-ring (bicyclic) bond motifs is 1. The summed E-state index contributed by atoms with van der Waals surface area (Å²) in [5.74, 6) is 0.174. The number of hydrogen-bond donors (Lipinski definition) is 1. The number of benzene rings is 1. The van der Waals surface area contributed by atoms with Crippen molar-refractivity contribution in [3.05, 3.63) is 18.2 Å². The summed E-state index contributed by atoms with van der Waals surface area (Å²) >= 11 is 1.62. The van der Waals surface area contributed by atoms with E-state index in [2.05, 4.69) is 0 Å². The van der Waals surface area contributed by atoms with Gasteiger partial charge < -0.3 is 15.4 Å². The van der Waals surface area contributed by atoms with Crippen molar-refractivity contribution in [2.75, 3.05) is 23.8 Å². The van der Waals surface area contributed by atoms with Crippen molar-refractivity contribution in [3.8, 4) is 0 Å². The lowest BCUT2D eigenvalue weighted by Gasteiger charge is -2.43. The third kappa shape index (κ3) is 2.29. The molecule has 1 saturated heterocycles. The number of rotatable bonds is 1. The Hall–Kier alpha value is -1.20. The number of hydrogen-bond acceptors (Lipinski definition) is 4. The molecule has 4 nitrogen and oxygen atoms in total. The molecule has 1 aromatic carbocycles. The molecule has 0 radical (unpaired) electrons. The zero-order valence-corrected chi connectivity index (χ0v) is 12.7. The Morgan fingerprint density at radius 3 is 2.75 bits per heavy atom. The van der Waals surface area contributed by atoms with E-state index in [4.69, 9.17) is 10.5 Å². The van der Waals surface area contributed by atoms with Crippen LogP contribution < -0.4 is 10.6 Å². The highest BCUT2D eigenvalue weighted by molar-refractivity contribution is 8.01. The molecule has 0 bridgehead atoms. The molecular formula is C15H20N2O2S. The Labute approximate surface area is 123 Å². The number of carbonyl (C=O) groups is 1. The van der Waals surface area contributed by atoms with Gasteiger partial charge in [0.05, 0.1) is 10.4 Å². The molecule has 1 fully saturated rings. The zero-order valence-electron chi connectivity index (χ0n) is 11.9. The smallest absolute Gasteiger partial charge is 0.243 e. The van der Waals surface area contributed by atoms with Gasteiger partial charge in [0.2, 0.25) is 5.91 Å². The van der Waals surface area contributed by atoms with Gasteiger partial charge in [-0.25, -0.2) is 0 Å². The first-order valence-corrected chi connectivity index (χ1v) is 7.80. The van der Waals surface area contributed by atoms with E-state index in [1.54, 1.807) is 11.8 Å². The van der Waals surface area contributed by atoms with Crippen LogP contribution in [0.5, 0.6) is 0 Å². The first kappa shape index (κ1) is 13.8. The second kappa shape index (κ2) is 4.97. The van der Waals surface area contributed by atoms with E-state index in [1.165, 1.54) is 0 Å². The minimum absolute atomic E-state index is 0.174. The summed E-state index contributed by atoms with van der Waals surface area (Å²) in [5, 5.41) is 0. The highest BCUT2D eigenvalue weighted by Crippen LogP contribution is 2.47. The van der Waals surface area contributed by atoms with Crippen molar-refractivity contribution >= 4 is 29.0 Å². The van der Waals surface area contributed by atoms with Gasteiger partial charge >= 0.3 is 0 Å². The van der Waals surface area contributed by atoms with Crippen LogP contribution in [0.25, 0.3) is 0 Å². The summed E-state index contributed by atoms with van der Waals surface area (Å²) in [5.41, 5.74) is 7.58. The predicted octanol–water partition coefficient (Wildman–Crippen LogP) is 2.67. The molecule has 0 atom stereocenters. The number of anilines is 2. The maximum absolute atomic E-state index is 12.8. The third-order valence-corrected chi connectivity index (χ3v) is 5.15. The molecule has 20 heavy (non-hydrogen) atoms. The fraction of sp³-hybridized carbons (Fsp3) is 0.533. The number of ether oxygens (including phenoxy) is 1. The van der Waals surface area contributed by atoms with E-state index in [-0.39, 0.29) is 11.9 Å². The molecule has 0 unspecified atom stereocenters. The van der Waals surface area contributed by atoms with Crippen molar-refractivity contribution in [2.45, 2.75) is 42.4 Å². The standard InChI is InChI=1S/C15H20N2O2S/c1-15(2)14(18)17(11-5-7-19-8-6-11)12-9-10(16)3-4-13(12)20-15/h3-4,9,11H,5-8,16H2,1-2H3. The van der Waals surface area contributed by atoms with Crippen LogP contribution in [0.15, 0.2) is 23.1 Å². The Bertz CT molecular complexity index is 539. The molecule has 2 heterocycles. The summed E-state index contributed by atoms with van der Waals surface area (Å²) in [7, 11) is 0. The van der Waals surface area contributed by atoms with Gasteiger partial charge in [0.25, 0.3) is 0 Å². The van der Waals surface area contributed by atoms with Gasteiger partial charge in [0.15, 0.2) is 0 Å². The summed E-state index contributed by atoms with van der Waals surface area (Å²) in [6.07, 6.45) is 1.78. The Morgan fingerprint density at radius 2 is 2.05 bits per heavy atom. The number of amides is 1. The molecule has 108 valence electrons. The van der Waals surface area contributed by atoms with Crippen LogP contribution in [0.3, 0.4) is 0 Å². The number of nitrogens with zero attached hydrogens (tertiary/aromatic N) is 1. The van der Waals surface area contributed by atoms with Gasteiger partial charge in [-0.3, -0.25) is 4.79 Å². The molecule has 2 aliphatic rings. The fourth-order valence-corrected chi connectivity index (χ4v) is 3.97. The molecule has 3 rings (SSSR count). The van der Waals surface area contributed by atoms with Gasteiger partial charge in [-0.15, -0.1) is 11.8 Å². The third-order valence-electron chi connectivity index (χ3n) is 3.90. The maximum atomic E-state index is 12.8. The van der Waals surface area contributed by atoms with Crippen LogP contribution in [-0.4, -0.2) is 29.9 Å². The van der Waals surface area contributed by atoms with Crippen LogP contribution in [0.1, 0.15) is 26.7 Å². The van der Waals surface area contributed by atoms with Crippen molar-refractivity contribution in [2.24, 2.45) is 0 Å². The van der Waals surface area contributed by atoms with E-state index in [0.717, 1.165) is 36.6 Å². The topological polar surface area (TPSA) is 55.6 Å². The number of thioether (sulfide) groups is 1. The zero-order chi connectivity index (χ0) is 14.3. The average molecular weight is 292 g/mol. The molecule has 2 N–H and O–H groups in total. The highest BCUT2D eigenvalue weighted by Gasteiger charge is 2.42. The van der Waals surface area contributed by atoms with Gasteiger partial charge in [-0.2, -0.15) is 0 Å². The largest absolute Gasteiger partial charge is 0.399 e. The van der Waals surface area contributed by atoms with Crippen LogP contribution in [-0.2, 0) is 9.53 Å². The molecule has 0 spiro atoms. The highest BCUT2D eigenvalue weighted by atomic mass is 32.2. The van der Waals surface area contributed by atoms with E-state index in [9.17, 15) is 4.79 Å².